The molecule has 0 spiro atoms. The minimum absolute atomic E-state index is 0.0360. The van der Waals surface area contributed by atoms with Gasteiger partial charge in [0.1, 0.15) is 3.72 Å². The van der Waals surface area contributed by atoms with Crippen LogP contribution in [0.4, 0.5) is 0 Å². The van der Waals surface area contributed by atoms with Gasteiger partial charge in [0, 0.05) is 25.2 Å². The molecule has 0 saturated heterocycles. The zero-order chi connectivity index (χ0) is 11.0. The summed E-state index contributed by atoms with van der Waals surface area (Å²) in [6.45, 7) is 0.740. The SMILES string of the molecule is CN(C)C(=O)c1ccc2c(c1)C(I)=NC2. The Hall–Kier alpha value is -0.910. The maximum atomic E-state index is 11.7. The molecule has 1 amide bonds. The Labute approximate surface area is 102 Å². The summed E-state index contributed by atoms with van der Waals surface area (Å²) in [4.78, 5) is 17.6. The van der Waals surface area contributed by atoms with Gasteiger partial charge in [0.25, 0.3) is 5.91 Å². The highest BCUT2D eigenvalue weighted by Gasteiger charge is 2.16. The fourth-order valence-corrected chi connectivity index (χ4v) is 2.21. The van der Waals surface area contributed by atoms with Gasteiger partial charge >= 0.3 is 0 Å². The first-order valence-electron chi connectivity index (χ1n) is 4.64. The number of halogens is 1. The summed E-state index contributed by atoms with van der Waals surface area (Å²) < 4.78 is 0.996. The van der Waals surface area contributed by atoms with Crippen LogP contribution in [0.25, 0.3) is 0 Å². The van der Waals surface area contributed by atoms with Crippen molar-refractivity contribution in [3.05, 3.63) is 34.9 Å². The molecule has 4 heteroatoms. The van der Waals surface area contributed by atoms with Crippen LogP contribution < -0.4 is 0 Å². The molecular formula is C11H11IN2O. The first kappa shape index (κ1) is 10.6. The van der Waals surface area contributed by atoms with Gasteiger partial charge in [-0.3, -0.25) is 9.79 Å². The number of rotatable bonds is 1. The van der Waals surface area contributed by atoms with Crippen LogP contribution >= 0.6 is 22.6 Å². The minimum Gasteiger partial charge on any atom is -0.345 e. The van der Waals surface area contributed by atoms with Gasteiger partial charge in [0.05, 0.1) is 6.54 Å². The van der Waals surface area contributed by atoms with E-state index >= 15 is 0 Å². The number of carbonyl (C=O) groups is 1. The number of aliphatic imine (C=N–C) groups is 1. The van der Waals surface area contributed by atoms with Gasteiger partial charge in [-0.05, 0) is 40.3 Å². The van der Waals surface area contributed by atoms with Gasteiger partial charge in [-0.25, -0.2) is 0 Å². The van der Waals surface area contributed by atoms with E-state index in [2.05, 4.69) is 27.6 Å². The lowest BCUT2D eigenvalue weighted by Crippen LogP contribution is -2.21. The molecular weight excluding hydrogens is 303 g/mol. The number of benzene rings is 1. The van der Waals surface area contributed by atoms with Crippen LogP contribution in [0.1, 0.15) is 21.5 Å². The summed E-state index contributed by atoms with van der Waals surface area (Å²) in [7, 11) is 3.52. The van der Waals surface area contributed by atoms with Crippen molar-refractivity contribution in [1.82, 2.24) is 4.90 Å². The van der Waals surface area contributed by atoms with Crippen LogP contribution in [0.2, 0.25) is 0 Å². The molecule has 1 aliphatic rings. The number of hydrogen-bond acceptors (Lipinski definition) is 2. The summed E-state index contributed by atoms with van der Waals surface area (Å²) in [5.41, 5.74) is 3.03. The van der Waals surface area contributed by atoms with Gasteiger partial charge in [-0.1, -0.05) is 6.07 Å². The summed E-state index contributed by atoms with van der Waals surface area (Å²) in [5, 5.41) is 0. The van der Waals surface area contributed by atoms with Crippen LogP contribution in [0, 0.1) is 0 Å². The number of carbonyl (C=O) groups excluding carboxylic acids is 1. The van der Waals surface area contributed by atoms with Crippen molar-refractivity contribution < 1.29 is 4.79 Å². The molecule has 0 aromatic heterocycles. The number of amides is 1. The average Bonchev–Trinajstić information content (AvgIpc) is 2.59. The zero-order valence-electron chi connectivity index (χ0n) is 8.62. The molecule has 1 heterocycles. The lowest BCUT2D eigenvalue weighted by atomic mass is 10.1. The molecule has 15 heavy (non-hydrogen) atoms. The Bertz CT molecular complexity index is 452. The predicted molar refractivity (Wildman–Crippen MR) is 68.7 cm³/mol. The molecule has 0 aliphatic carbocycles. The highest BCUT2D eigenvalue weighted by atomic mass is 127. The Morgan fingerprint density at radius 1 is 1.47 bits per heavy atom. The van der Waals surface area contributed by atoms with Crippen LogP contribution in [0.3, 0.4) is 0 Å². The highest BCUT2D eigenvalue weighted by molar-refractivity contribution is 14.1. The second-order valence-electron chi connectivity index (χ2n) is 3.68. The van der Waals surface area contributed by atoms with Crippen molar-refractivity contribution in [2.45, 2.75) is 6.54 Å². The second-order valence-corrected chi connectivity index (χ2v) is 4.70. The van der Waals surface area contributed by atoms with Crippen molar-refractivity contribution in [2.75, 3.05) is 14.1 Å². The largest absolute Gasteiger partial charge is 0.345 e. The van der Waals surface area contributed by atoms with Crippen molar-refractivity contribution in [3.63, 3.8) is 0 Å². The normalized spacial score (nSPS) is 13.4. The molecule has 0 bridgehead atoms. The summed E-state index contributed by atoms with van der Waals surface area (Å²) in [6, 6.07) is 5.78. The maximum Gasteiger partial charge on any atom is 0.253 e. The molecule has 0 N–H and O–H groups in total. The monoisotopic (exact) mass is 314 g/mol. The lowest BCUT2D eigenvalue weighted by Gasteiger charge is -2.11. The Balaban J connectivity index is 2.41. The molecule has 0 atom stereocenters. The smallest absolute Gasteiger partial charge is 0.253 e. The van der Waals surface area contributed by atoms with E-state index < -0.39 is 0 Å². The molecule has 3 nitrogen and oxygen atoms in total. The van der Waals surface area contributed by atoms with E-state index in [1.165, 1.54) is 5.56 Å². The van der Waals surface area contributed by atoms with Crippen LogP contribution in [-0.4, -0.2) is 28.6 Å². The third-order valence-electron chi connectivity index (χ3n) is 2.37. The van der Waals surface area contributed by atoms with Gasteiger partial charge in [-0.15, -0.1) is 0 Å². The summed E-state index contributed by atoms with van der Waals surface area (Å²) >= 11 is 2.21. The van der Waals surface area contributed by atoms with E-state index in [-0.39, 0.29) is 5.91 Å². The highest BCUT2D eigenvalue weighted by Crippen LogP contribution is 2.23. The number of nitrogens with zero attached hydrogens (tertiary/aromatic N) is 2. The minimum atomic E-state index is 0.0360. The summed E-state index contributed by atoms with van der Waals surface area (Å²) in [5.74, 6) is 0.0360. The van der Waals surface area contributed by atoms with Crippen LogP contribution in [0.15, 0.2) is 23.2 Å². The molecule has 0 radical (unpaired) electrons. The van der Waals surface area contributed by atoms with Crippen molar-refractivity contribution >= 4 is 32.2 Å². The number of hydrogen-bond donors (Lipinski definition) is 0. The summed E-state index contributed by atoms with van der Waals surface area (Å²) in [6.07, 6.45) is 0. The van der Waals surface area contributed by atoms with Crippen molar-refractivity contribution in [1.29, 1.82) is 0 Å². The van der Waals surface area contributed by atoms with E-state index in [4.69, 9.17) is 0 Å². The standard InChI is InChI=1S/C11H11IN2O/c1-14(2)11(15)7-3-4-8-6-13-10(12)9(8)5-7/h3-5H,6H2,1-2H3. The number of fused-ring (bicyclic) bond motifs is 1. The fourth-order valence-electron chi connectivity index (χ4n) is 1.54. The zero-order valence-corrected chi connectivity index (χ0v) is 10.8. The van der Waals surface area contributed by atoms with Gasteiger partial charge in [-0.2, -0.15) is 0 Å². The Kier molecular flexibility index (Phi) is 2.77. The van der Waals surface area contributed by atoms with E-state index in [1.54, 1.807) is 19.0 Å². The van der Waals surface area contributed by atoms with Crippen molar-refractivity contribution in [3.8, 4) is 0 Å². The van der Waals surface area contributed by atoms with Gasteiger partial charge in [0.15, 0.2) is 0 Å². The topological polar surface area (TPSA) is 32.7 Å². The molecule has 2 rings (SSSR count). The maximum absolute atomic E-state index is 11.7. The lowest BCUT2D eigenvalue weighted by molar-refractivity contribution is 0.0827. The van der Waals surface area contributed by atoms with Crippen molar-refractivity contribution in [2.24, 2.45) is 4.99 Å². The fraction of sp³-hybridized carbons (Fsp3) is 0.273. The third kappa shape index (κ3) is 1.90. The first-order valence-corrected chi connectivity index (χ1v) is 5.72. The first-order chi connectivity index (χ1) is 7.09. The molecule has 0 fully saturated rings. The Morgan fingerprint density at radius 3 is 2.87 bits per heavy atom. The molecule has 0 unspecified atom stereocenters. The van der Waals surface area contributed by atoms with E-state index in [0.29, 0.717) is 0 Å². The quantitative estimate of drug-likeness (QED) is 0.731. The van der Waals surface area contributed by atoms with Gasteiger partial charge < -0.3 is 4.90 Å². The average molecular weight is 314 g/mol. The molecule has 1 aromatic rings. The van der Waals surface area contributed by atoms with E-state index in [1.807, 2.05) is 18.2 Å². The molecule has 0 saturated carbocycles. The molecule has 1 aromatic carbocycles. The molecule has 1 aliphatic heterocycles. The third-order valence-corrected chi connectivity index (χ3v) is 3.30. The van der Waals surface area contributed by atoms with E-state index in [0.717, 1.165) is 21.4 Å². The van der Waals surface area contributed by atoms with Crippen LogP contribution in [0.5, 0.6) is 0 Å². The van der Waals surface area contributed by atoms with Gasteiger partial charge in [0.2, 0.25) is 0 Å². The van der Waals surface area contributed by atoms with Crippen LogP contribution in [-0.2, 0) is 6.54 Å². The Morgan fingerprint density at radius 2 is 2.20 bits per heavy atom. The second kappa shape index (κ2) is 3.92. The van der Waals surface area contributed by atoms with E-state index in [9.17, 15) is 4.79 Å². The predicted octanol–water partition coefficient (Wildman–Crippen LogP) is 2.08. The molecule has 78 valence electrons.